The Kier molecular flexibility index (Phi) is 6.49. The first-order valence-corrected chi connectivity index (χ1v) is 5.02. The predicted octanol–water partition coefficient (Wildman–Crippen LogP) is 0.657. The van der Waals surface area contributed by atoms with Gasteiger partial charge in [-0.05, 0) is 33.2 Å². The third-order valence-corrected chi connectivity index (χ3v) is 1.84. The van der Waals surface area contributed by atoms with Gasteiger partial charge in [0.05, 0.1) is 12.1 Å². The summed E-state index contributed by atoms with van der Waals surface area (Å²) < 4.78 is 5.00. The van der Waals surface area contributed by atoms with Gasteiger partial charge in [0.15, 0.2) is 0 Å². The number of hydrogen-bond acceptors (Lipinski definition) is 3. The smallest absolute Gasteiger partial charge is 0.220 e. The molecule has 0 saturated heterocycles. The maximum absolute atomic E-state index is 11.4. The van der Waals surface area contributed by atoms with Gasteiger partial charge in [0, 0.05) is 13.5 Å². The van der Waals surface area contributed by atoms with Crippen LogP contribution in [0.3, 0.4) is 0 Å². The Morgan fingerprint density at radius 1 is 1.43 bits per heavy atom. The zero-order valence-electron chi connectivity index (χ0n) is 9.43. The van der Waals surface area contributed by atoms with Crippen LogP contribution in [0.4, 0.5) is 0 Å². The number of amides is 1. The number of carbonyl (C=O) groups is 1. The Labute approximate surface area is 86.2 Å². The molecule has 0 unspecified atom stereocenters. The molecular weight excluding hydrogens is 180 g/mol. The average molecular weight is 202 g/mol. The minimum Gasteiger partial charge on any atom is -0.382 e. The molecule has 0 heterocycles. The number of nitrogens with two attached hydrogens (primary N) is 1. The van der Waals surface area contributed by atoms with Crippen molar-refractivity contribution >= 4 is 5.91 Å². The van der Waals surface area contributed by atoms with Crippen LogP contribution >= 0.6 is 0 Å². The molecule has 0 aromatic carbocycles. The van der Waals surface area contributed by atoms with Crippen LogP contribution in [-0.4, -0.2) is 31.7 Å². The van der Waals surface area contributed by atoms with Gasteiger partial charge in [0.2, 0.25) is 5.91 Å². The van der Waals surface area contributed by atoms with Crippen molar-refractivity contribution in [2.75, 3.05) is 20.3 Å². The second-order valence-electron chi connectivity index (χ2n) is 4.11. The first-order valence-electron chi connectivity index (χ1n) is 5.02. The third kappa shape index (κ3) is 6.86. The van der Waals surface area contributed by atoms with Gasteiger partial charge >= 0.3 is 0 Å². The number of nitrogens with one attached hydrogen (secondary N) is 1. The number of rotatable bonds is 7. The van der Waals surface area contributed by atoms with Crippen molar-refractivity contribution in [3.63, 3.8) is 0 Å². The Balaban J connectivity index is 3.69. The number of hydrogen-bond donors (Lipinski definition) is 2. The van der Waals surface area contributed by atoms with E-state index in [1.54, 1.807) is 7.11 Å². The topological polar surface area (TPSA) is 64.3 Å². The van der Waals surface area contributed by atoms with Gasteiger partial charge in [-0.25, -0.2) is 0 Å². The standard InChI is InChI=1S/C10H22N2O2/c1-10(2,8-14-3)12-9(13)6-4-5-7-11/h4-8,11H2,1-3H3,(H,12,13). The van der Waals surface area contributed by atoms with E-state index >= 15 is 0 Å². The summed E-state index contributed by atoms with van der Waals surface area (Å²) >= 11 is 0. The minimum atomic E-state index is -0.283. The quantitative estimate of drug-likeness (QED) is 0.596. The number of methoxy groups -OCH3 is 1. The molecular formula is C10H22N2O2. The van der Waals surface area contributed by atoms with Crippen LogP contribution in [0.1, 0.15) is 33.1 Å². The third-order valence-electron chi connectivity index (χ3n) is 1.84. The summed E-state index contributed by atoms with van der Waals surface area (Å²) in [6.45, 7) is 5.05. The minimum absolute atomic E-state index is 0.0699. The molecule has 4 heteroatoms. The summed E-state index contributed by atoms with van der Waals surface area (Å²) in [7, 11) is 1.63. The van der Waals surface area contributed by atoms with Crippen LogP contribution in [0, 0.1) is 0 Å². The molecule has 0 aliphatic heterocycles. The molecule has 0 saturated carbocycles. The van der Waals surface area contributed by atoms with Crippen molar-refractivity contribution in [2.24, 2.45) is 5.73 Å². The van der Waals surface area contributed by atoms with Gasteiger partial charge in [-0.1, -0.05) is 0 Å². The highest BCUT2D eigenvalue weighted by molar-refractivity contribution is 5.76. The lowest BCUT2D eigenvalue weighted by molar-refractivity contribution is -0.123. The van der Waals surface area contributed by atoms with Gasteiger partial charge in [0.1, 0.15) is 0 Å². The van der Waals surface area contributed by atoms with E-state index in [1.165, 1.54) is 0 Å². The summed E-state index contributed by atoms with van der Waals surface area (Å²) in [6.07, 6.45) is 2.30. The molecule has 4 nitrogen and oxygen atoms in total. The maximum Gasteiger partial charge on any atom is 0.220 e. The van der Waals surface area contributed by atoms with E-state index in [0.717, 1.165) is 12.8 Å². The molecule has 3 N–H and O–H groups in total. The van der Waals surface area contributed by atoms with E-state index in [1.807, 2.05) is 13.8 Å². The Bertz CT molecular complexity index is 170. The normalized spacial score (nSPS) is 11.4. The molecule has 0 aromatic rings. The van der Waals surface area contributed by atoms with Crippen LogP contribution in [-0.2, 0) is 9.53 Å². The van der Waals surface area contributed by atoms with Crippen LogP contribution < -0.4 is 11.1 Å². The predicted molar refractivity (Wildman–Crippen MR) is 57.0 cm³/mol. The van der Waals surface area contributed by atoms with Gasteiger partial charge in [-0.3, -0.25) is 4.79 Å². The molecule has 0 aliphatic carbocycles. The second kappa shape index (κ2) is 6.79. The van der Waals surface area contributed by atoms with E-state index in [2.05, 4.69) is 5.32 Å². The zero-order chi connectivity index (χ0) is 11.0. The Morgan fingerprint density at radius 3 is 2.57 bits per heavy atom. The first-order chi connectivity index (χ1) is 6.52. The van der Waals surface area contributed by atoms with Crippen molar-refractivity contribution in [1.82, 2.24) is 5.32 Å². The number of unbranched alkanes of at least 4 members (excludes halogenated alkanes) is 1. The highest BCUT2D eigenvalue weighted by Crippen LogP contribution is 2.03. The molecule has 0 atom stereocenters. The Morgan fingerprint density at radius 2 is 2.07 bits per heavy atom. The lowest BCUT2D eigenvalue weighted by Gasteiger charge is -2.25. The van der Waals surface area contributed by atoms with Gasteiger partial charge < -0.3 is 15.8 Å². The van der Waals surface area contributed by atoms with E-state index in [9.17, 15) is 4.79 Å². The van der Waals surface area contributed by atoms with E-state index in [0.29, 0.717) is 19.6 Å². The molecule has 0 rings (SSSR count). The molecule has 84 valence electrons. The fourth-order valence-corrected chi connectivity index (χ4v) is 1.27. The number of ether oxygens (including phenoxy) is 1. The lowest BCUT2D eigenvalue weighted by Crippen LogP contribution is -2.46. The van der Waals surface area contributed by atoms with Crippen LogP contribution in [0.25, 0.3) is 0 Å². The summed E-state index contributed by atoms with van der Waals surface area (Å²) in [6, 6.07) is 0. The largest absolute Gasteiger partial charge is 0.382 e. The monoisotopic (exact) mass is 202 g/mol. The van der Waals surface area contributed by atoms with Crippen molar-refractivity contribution < 1.29 is 9.53 Å². The molecule has 0 radical (unpaired) electrons. The van der Waals surface area contributed by atoms with E-state index < -0.39 is 0 Å². The number of carbonyl (C=O) groups excluding carboxylic acids is 1. The van der Waals surface area contributed by atoms with Gasteiger partial charge in [-0.2, -0.15) is 0 Å². The highest BCUT2D eigenvalue weighted by atomic mass is 16.5. The molecule has 0 aromatic heterocycles. The fraction of sp³-hybridized carbons (Fsp3) is 0.900. The Hall–Kier alpha value is -0.610. The molecule has 0 bridgehead atoms. The van der Waals surface area contributed by atoms with Gasteiger partial charge in [-0.15, -0.1) is 0 Å². The van der Waals surface area contributed by atoms with Crippen LogP contribution in [0.5, 0.6) is 0 Å². The fourth-order valence-electron chi connectivity index (χ4n) is 1.27. The second-order valence-corrected chi connectivity index (χ2v) is 4.11. The van der Waals surface area contributed by atoms with Crippen LogP contribution in [0.15, 0.2) is 0 Å². The molecule has 14 heavy (non-hydrogen) atoms. The van der Waals surface area contributed by atoms with E-state index in [-0.39, 0.29) is 11.4 Å². The molecule has 0 fully saturated rings. The van der Waals surface area contributed by atoms with Crippen LogP contribution in [0.2, 0.25) is 0 Å². The van der Waals surface area contributed by atoms with Crippen molar-refractivity contribution in [3.05, 3.63) is 0 Å². The van der Waals surface area contributed by atoms with Gasteiger partial charge in [0.25, 0.3) is 0 Å². The molecule has 0 spiro atoms. The highest BCUT2D eigenvalue weighted by Gasteiger charge is 2.19. The van der Waals surface area contributed by atoms with Crippen molar-refractivity contribution in [2.45, 2.75) is 38.6 Å². The average Bonchev–Trinajstić information content (AvgIpc) is 2.03. The van der Waals surface area contributed by atoms with E-state index in [4.69, 9.17) is 10.5 Å². The summed E-state index contributed by atoms with van der Waals surface area (Å²) in [4.78, 5) is 11.4. The summed E-state index contributed by atoms with van der Waals surface area (Å²) in [5.41, 5.74) is 5.05. The summed E-state index contributed by atoms with van der Waals surface area (Å²) in [5, 5.41) is 2.91. The summed E-state index contributed by atoms with van der Waals surface area (Å²) in [5.74, 6) is 0.0699. The van der Waals surface area contributed by atoms with Crippen molar-refractivity contribution in [3.8, 4) is 0 Å². The molecule has 0 aliphatic rings. The molecule has 1 amide bonds. The maximum atomic E-state index is 11.4. The first kappa shape index (κ1) is 13.4. The SMILES string of the molecule is COCC(C)(C)NC(=O)CCCCN. The van der Waals surface area contributed by atoms with Crippen molar-refractivity contribution in [1.29, 1.82) is 0 Å². The lowest BCUT2D eigenvalue weighted by atomic mass is 10.1. The zero-order valence-corrected chi connectivity index (χ0v) is 9.43.